The van der Waals surface area contributed by atoms with Gasteiger partial charge in [0.25, 0.3) is 0 Å². The number of amides is 1. The Kier molecular flexibility index (Phi) is 5.73. The van der Waals surface area contributed by atoms with Gasteiger partial charge < -0.3 is 10.4 Å². The fraction of sp³-hybridized carbons (Fsp3) is 0.643. The van der Waals surface area contributed by atoms with Crippen LogP contribution in [0.4, 0.5) is 0 Å². The SMILES string of the molecule is O=C(CSc1cccs1)NCC1(O)CCCCCC1. The average Bonchev–Trinajstić information content (AvgIpc) is 2.83. The van der Waals surface area contributed by atoms with Crippen LogP contribution in [0, 0.1) is 0 Å². The number of thiophene rings is 1. The third-order valence-electron chi connectivity index (χ3n) is 3.49. The number of hydrogen-bond donors (Lipinski definition) is 2. The molecule has 1 fully saturated rings. The van der Waals surface area contributed by atoms with Gasteiger partial charge in [-0.05, 0) is 24.3 Å². The van der Waals surface area contributed by atoms with E-state index in [1.54, 1.807) is 23.1 Å². The van der Waals surface area contributed by atoms with Gasteiger partial charge in [0.2, 0.25) is 5.91 Å². The first kappa shape index (κ1) is 14.9. The minimum Gasteiger partial charge on any atom is -0.388 e. The second kappa shape index (κ2) is 7.31. The Morgan fingerprint density at radius 3 is 2.74 bits per heavy atom. The molecule has 5 heteroatoms. The van der Waals surface area contributed by atoms with Crippen LogP contribution >= 0.6 is 23.1 Å². The molecule has 19 heavy (non-hydrogen) atoms. The highest BCUT2D eigenvalue weighted by atomic mass is 32.2. The van der Waals surface area contributed by atoms with Crippen LogP contribution in [0.1, 0.15) is 38.5 Å². The van der Waals surface area contributed by atoms with E-state index < -0.39 is 5.60 Å². The van der Waals surface area contributed by atoms with Gasteiger partial charge in [-0.1, -0.05) is 31.7 Å². The second-order valence-electron chi connectivity index (χ2n) is 5.14. The van der Waals surface area contributed by atoms with Crippen molar-refractivity contribution in [2.75, 3.05) is 12.3 Å². The number of thioether (sulfide) groups is 1. The molecule has 0 atom stereocenters. The molecule has 1 aliphatic carbocycles. The summed E-state index contributed by atoms with van der Waals surface area (Å²) in [5.74, 6) is 0.437. The number of hydrogen-bond acceptors (Lipinski definition) is 4. The van der Waals surface area contributed by atoms with Crippen LogP contribution in [-0.4, -0.2) is 28.9 Å². The van der Waals surface area contributed by atoms with Gasteiger partial charge in [0.15, 0.2) is 0 Å². The maximum Gasteiger partial charge on any atom is 0.230 e. The van der Waals surface area contributed by atoms with Crippen LogP contribution in [0.15, 0.2) is 21.7 Å². The molecule has 1 aromatic heterocycles. The van der Waals surface area contributed by atoms with Crippen molar-refractivity contribution in [1.29, 1.82) is 0 Å². The van der Waals surface area contributed by atoms with Crippen molar-refractivity contribution >= 4 is 29.0 Å². The molecule has 1 saturated carbocycles. The van der Waals surface area contributed by atoms with Crippen molar-refractivity contribution in [3.05, 3.63) is 17.5 Å². The summed E-state index contributed by atoms with van der Waals surface area (Å²) in [6.07, 6.45) is 6.15. The molecule has 0 aromatic carbocycles. The highest BCUT2D eigenvalue weighted by Gasteiger charge is 2.28. The molecule has 106 valence electrons. The molecule has 2 rings (SSSR count). The van der Waals surface area contributed by atoms with Crippen LogP contribution in [-0.2, 0) is 4.79 Å². The minimum atomic E-state index is -0.681. The largest absolute Gasteiger partial charge is 0.388 e. The van der Waals surface area contributed by atoms with Crippen molar-refractivity contribution in [3.8, 4) is 0 Å². The van der Waals surface area contributed by atoms with Crippen molar-refractivity contribution in [1.82, 2.24) is 5.32 Å². The third-order valence-corrected chi connectivity index (χ3v) is 5.62. The molecule has 2 N–H and O–H groups in total. The second-order valence-corrected chi connectivity index (χ2v) is 7.36. The Bertz CT molecular complexity index is 384. The number of nitrogens with one attached hydrogen (secondary N) is 1. The van der Waals surface area contributed by atoms with Crippen LogP contribution in [0.3, 0.4) is 0 Å². The fourth-order valence-corrected chi connectivity index (χ4v) is 3.97. The number of rotatable bonds is 5. The Balaban J connectivity index is 1.70. The van der Waals surface area contributed by atoms with Gasteiger partial charge >= 0.3 is 0 Å². The van der Waals surface area contributed by atoms with Crippen molar-refractivity contribution in [2.24, 2.45) is 0 Å². The molecule has 1 amide bonds. The molecule has 1 aliphatic rings. The Labute approximate surface area is 122 Å². The van der Waals surface area contributed by atoms with Crippen molar-refractivity contribution < 1.29 is 9.90 Å². The van der Waals surface area contributed by atoms with Gasteiger partial charge in [0.05, 0.1) is 15.6 Å². The number of carbonyl (C=O) groups excluding carboxylic acids is 1. The molecule has 0 saturated heterocycles. The van der Waals surface area contributed by atoms with Crippen molar-refractivity contribution in [2.45, 2.75) is 48.3 Å². The Morgan fingerprint density at radius 1 is 1.37 bits per heavy atom. The smallest absolute Gasteiger partial charge is 0.230 e. The summed E-state index contributed by atoms with van der Waals surface area (Å²) in [5, 5.41) is 15.3. The lowest BCUT2D eigenvalue weighted by Gasteiger charge is -2.26. The molecule has 1 heterocycles. The summed E-state index contributed by atoms with van der Waals surface area (Å²) in [6.45, 7) is 0.400. The first-order valence-electron chi connectivity index (χ1n) is 6.83. The first-order valence-corrected chi connectivity index (χ1v) is 8.70. The van der Waals surface area contributed by atoms with Gasteiger partial charge in [0, 0.05) is 6.54 Å². The van der Waals surface area contributed by atoms with E-state index in [0.717, 1.165) is 29.9 Å². The summed E-state index contributed by atoms with van der Waals surface area (Å²) in [5.41, 5.74) is -0.681. The molecule has 0 aliphatic heterocycles. The highest BCUT2D eigenvalue weighted by Crippen LogP contribution is 2.26. The van der Waals surface area contributed by atoms with E-state index in [1.165, 1.54) is 12.8 Å². The minimum absolute atomic E-state index is 0.0103. The predicted molar refractivity (Wildman–Crippen MR) is 80.7 cm³/mol. The van der Waals surface area contributed by atoms with Gasteiger partial charge in [-0.25, -0.2) is 0 Å². The standard InChI is InChI=1S/C14H21NO2S2/c16-12(10-19-13-6-5-9-18-13)15-11-14(17)7-3-1-2-4-8-14/h5-6,9,17H,1-4,7-8,10-11H2,(H,15,16). The topological polar surface area (TPSA) is 49.3 Å². The molecular formula is C14H21NO2S2. The normalized spacial score (nSPS) is 18.8. The first-order chi connectivity index (χ1) is 9.18. The van der Waals surface area contributed by atoms with Crippen LogP contribution < -0.4 is 5.32 Å². The molecule has 0 spiro atoms. The van der Waals surface area contributed by atoms with E-state index in [1.807, 2.05) is 17.5 Å². The van der Waals surface area contributed by atoms with E-state index in [4.69, 9.17) is 0 Å². The number of carbonyl (C=O) groups is 1. The van der Waals surface area contributed by atoms with Gasteiger partial charge in [-0.15, -0.1) is 23.1 Å². The average molecular weight is 299 g/mol. The van der Waals surface area contributed by atoms with E-state index in [0.29, 0.717) is 12.3 Å². The quantitative estimate of drug-likeness (QED) is 0.649. The maximum atomic E-state index is 11.8. The van der Waals surface area contributed by atoms with E-state index >= 15 is 0 Å². The van der Waals surface area contributed by atoms with Crippen molar-refractivity contribution in [3.63, 3.8) is 0 Å². The summed E-state index contributed by atoms with van der Waals surface area (Å²) in [7, 11) is 0. The predicted octanol–water partition coefficient (Wildman–Crippen LogP) is 3.04. The molecule has 1 aromatic rings. The fourth-order valence-electron chi connectivity index (χ4n) is 2.36. The summed E-state index contributed by atoms with van der Waals surface area (Å²) in [4.78, 5) is 11.8. The van der Waals surface area contributed by atoms with Crippen LogP contribution in [0.25, 0.3) is 0 Å². The zero-order valence-corrected chi connectivity index (χ0v) is 12.7. The molecule has 0 unspecified atom stereocenters. The van der Waals surface area contributed by atoms with E-state index in [2.05, 4.69) is 5.32 Å². The maximum absolute atomic E-state index is 11.8. The third kappa shape index (κ3) is 5.16. The highest BCUT2D eigenvalue weighted by molar-refractivity contribution is 8.01. The zero-order valence-electron chi connectivity index (χ0n) is 11.1. The Morgan fingerprint density at radius 2 is 2.11 bits per heavy atom. The van der Waals surface area contributed by atoms with Gasteiger partial charge in [-0.2, -0.15) is 0 Å². The van der Waals surface area contributed by atoms with Crippen LogP contribution in [0.2, 0.25) is 0 Å². The molecular weight excluding hydrogens is 278 g/mol. The molecule has 0 radical (unpaired) electrons. The van der Waals surface area contributed by atoms with E-state index in [-0.39, 0.29) is 5.91 Å². The van der Waals surface area contributed by atoms with Crippen LogP contribution in [0.5, 0.6) is 0 Å². The van der Waals surface area contributed by atoms with E-state index in [9.17, 15) is 9.90 Å². The Hall–Kier alpha value is -0.520. The summed E-state index contributed by atoms with van der Waals surface area (Å²) >= 11 is 3.20. The lowest BCUT2D eigenvalue weighted by molar-refractivity contribution is -0.120. The summed E-state index contributed by atoms with van der Waals surface area (Å²) < 4.78 is 1.16. The van der Waals surface area contributed by atoms with Gasteiger partial charge in [0.1, 0.15) is 0 Å². The molecule has 3 nitrogen and oxygen atoms in total. The molecule has 0 bridgehead atoms. The number of aliphatic hydroxyl groups is 1. The lowest BCUT2D eigenvalue weighted by Crippen LogP contribution is -2.43. The zero-order chi connectivity index (χ0) is 13.6. The van der Waals surface area contributed by atoms with Gasteiger partial charge in [-0.3, -0.25) is 4.79 Å². The lowest BCUT2D eigenvalue weighted by atomic mass is 9.94. The monoisotopic (exact) mass is 299 g/mol. The summed E-state index contributed by atoms with van der Waals surface area (Å²) in [6, 6.07) is 4.00.